The molecule has 0 saturated carbocycles. The largest absolute Gasteiger partial charge is 0.481 e. The summed E-state index contributed by atoms with van der Waals surface area (Å²) in [5.74, 6) is -2.45. The van der Waals surface area contributed by atoms with Crippen molar-refractivity contribution in [3.05, 3.63) is 0 Å². The number of hydrazine groups is 1. The number of hydrogen-bond acceptors (Lipinski definition) is 8. The van der Waals surface area contributed by atoms with E-state index >= 15 is 0 Å². The van der Waals surface area contributed by atoms with Crippen LogP contribution in [0.3, 0.4) is 0 Å². The van der Waals surface area contributed by atoms with Crippen LogP contribution in [0.15, 0.2) is 0 Å². The number of hydrogen-bond donors (Lipinski definition) is 3. The van der Waals surface area contributed by atoms with Gasteiger partial charge in [0.1, 0.15) is 5.60 Å². The summed E-state index contributed by atoms with van der Waals surface area (Å²) in [6.07, 6.45) is 3.30. The van der Waals surface area contributed by atoms with Gasteiger partial charge < -0.3 is 25.4 Å². The molecule has 0 aliphatic carbocycles. The Hall–Kier alpha value is -2.73. The molecule has 4 N–H and O–H groups in total. The van der Waals surface area contributed by atoms with Crippen LogP contribution >= 0.6 is 0 Å². The summed E-state index contributed by atoms with van der Waals surface area (Å²) in [6, 6.07) is 0. The van der Waals surface area contributed by atoms with E-state index in [9.17, 15) is 24.0 Å². The van der Waals surface area contributed by atoms with E-state index in [1.807, 2.05) is 20.8 Å². The zero-order valence-electron chi connectivity index (χ0n) is 21.7. The Morgan fingerprint density at radius 1 is 1.03 bits per heavy atom. The maximum atomic E-state index is 13.0. The van der Waals surface area contributed by atoms with Gasteiger partial charge in [0.2, 0.25) is 11.8 Å². The van der Waals surface area contributed by atoms with Crippen molar-refractivity contribution in [2.45, 2.75) is 71.3 Å². The first-order valence-electron chi connectivity index (χ1n) is 12.7. The summed E-state index contributed by atoms with van der Waals surface area (Å²) >= 11 is 0. The highest BCUT2D eigenvalue weighted by Gasteiger charge is 2.34. The summed E-state index contributed by atoms with van der Waals surface area (Å²) < 4.78 is 5.43. The van der Waals surface area contributed by atoms with Crippen molar-refractivity contribution in [1.29, 1.82) is 0 Å². The van der Waals surface area contributed by atoms with Crippen LogP contribution in [0.25, 0.3) is 0 Å². The molecular formula is C24H41N5O7. The van der Waals surface area contributed by atoms with Gasteiger partial charge in [0.05, 0.1) is 18.9 Å². The first-order chi connectivity index (χ1) is 16.9. The molecule has 2 saturated heterocycles. The highest BCUT2D eigenvalue weighted by molar-refractivity contribution is 5.97. The normalized spacial score (nSPS) is 19.1. The van der Waals surface area contributed by atoms with E-state index in [-0.39, 0.29) is 31.5 Å². The lowest BCUT2D eigenvalue weighted by Crippen LogP contribution is -2.55. The summed E-state index contributed by atoms with van der Waals surface area (Å²) in [7, 11) is 0. The molecule has 204 valence electrons. The standard InChI is InChI=1S/C24H41N5O7/c1-24(2,3)36-23(35)27-13-9-17(10-14-27)6-7-19(30)28-12-4-5-18(16-28)22(34)29(20(31)15-25)26-11-8-21(32)33/h17-18,26H,4-16,25H2,1-3H3,(H,32,33)/t18-/m1/s1. The van der Waals surface area contributed by atoms with Crippen molar-refractivity contribution in [1.82, 2.24) is 20.2 Å². The van der Waals surface area contributed by atoms with Gasteiger partial charge in [0.15, 0.2) is 0 Å². The summed E-state index contributed by atoms with van der Waals surface area (Å²) in [6.45, 7) is 7.01. The Morgan fingerprint density at radius 2 is 1.69 bits per heavy atom. The number of nitrogens with one attached hydrogen (secondary N) is 1. The van der Waals surface area contributed by atoms with E-state index in [0.29, 0.717) is 51.2 Å². The molecule has 0 aromatic carbocycles. The number of rotatable bonds is 9. The van der Waals surface area contributed by atoms with Crippen molar-refractivity contribution in [2.24, 2.45) is 17.6 Å². The lowest BCUT2D eigenvalue weighted by Gasteiger charge is -2.35. The molecule has 0 aromatic heterocycles. The predicted molar refractivity (Wildman–Crippen MR) is 130 cm³/mol. The van der Waals surface area contributed by atoms with Gasteiger partial charge in [0.25, 0.3) is 5.91 Å². The van der Waals surface area contributed by atoms with Crippen LogP contribution in [-0.2, 0) is 23.9 Å². The summed E-state index contributed by atoms with van der Waals surface area (Å²) in [4.78, 5) is 64.4. The Balaban J connectivity index is 1.82. The molecule has 0 unspecified atom stereocenters. The number of likely N-dealkylation sites (tertiary alicyclic amines) is 2. The van der Waals surface area contributed by atoms with E-state index in [2.05, 4.69) is 5.43 Å². The van der Waals surface area contributed by atoms with E-state index in [1.54, 1.807) is 9.80 Å². The molecule has 2 aliphatic rings. The number of imide groups is 1. The fourth-order valence-corrected chi connectivity index (χ4v) is 4.46. The minimum atomic E-state index is -1.06. The topological polar surface area (TPSA) is 163 Å². The lowest BCUT2D eigenvalue weighted by molar-refractivity contribution is -0.153. The van der Waals surface area contributed by atoms with Crippen molar-refractivity contribution < 1.29 is 33.8 Å². The molecular weight excluding hydrogens is 470 g/mol. The Kier molecular flexibility index (Phi) is 11.1. The number of carbonyl (C=O) groups is 5. The number of nitrogens with zero attached hydrogens (tertiary/aromatic N) is 3. The molecule has 12 heteroatoms. The Bertz CT molecular complexity index is 805. The van der Waals surface area contributed by atoms with Crippen LogP contribution < -0.4 is 11.2 Å². The fourth-order valence-electron chi connectivity index (χ4n) is 4.46. The molecule has 4 amide bonds. The van der Waals surface area contributed by atoms with Crippen LogP contribution in [0.5, 0.6) is 0 Å². The lowest BCUT2D eigenvalue weighted by atomic mass is 9.91. The number of nitrogens with two attached hydrogens (primary N) is 1. The smallest absolute Gasteiger partial charge is 0.410 e. The number of aliphatic carboxylic acids is 1. The van der Waals surface area contributed by atoms with Crippen molar-refractivity contribution in [3.8, 4) is 0 Å². The zero-order chi connectivity index (χ0) is 26.9. The SMILES string of the molecule is CC(C)(C)OC(=O)N1CCC(CCC(=O)N2CCC[C@@H](C(=O)N(NCCC(=O)O)C(=O)CN)C2)CC1. The number of ether oxygens (including phenoxy) is 1. The van der Waals surface area contributed by atoms with Crippen molar-refractivity contribution in [2.75, 3.05) is 39.3 Å². The van der Waals surface area contributed by atoms with Gasteiger partial charge >= 0.3 is 12.1 Å². The van der Waals surface area contributed by atoms with Gasteiger partial charge in [-0.25, -0.2) is 15.2 Å². The van der Waals surface area contributed by atoms with Gasteiger partial charge in [-0.15, -0.1) is 0 Å². The molecule has 0 aromatic rings. The minimum absolute atomic E-state index is 0.0300. The molecule has 0 radical (unpaired) electrons. The number of carboxylic acid groups (broad SMARTS) is 1. The molecule has 12 nitrogen and oxygen atoms in total. The van der Waals surface area contributed by atoms with Gasteiger partial charge in [-0.3, -0.25) is 19.2 Å². The van der Waals surface area contributed by atoms with Gasteiger partial charge in [-0.2, -0.15) is 0 Å². The summed E-state index contributed by atoms with van der Waals surface area (Å²) in [5.41, 5.74) is 7.45. The average Bonchev–Trinajstić information content (AvgIpc) is 2.83. The van der Waals surface area contributed by atoms with Crippen LogP contribution in [0.1, 0.15) is 65.7 Å². The van der Waals surface area contributed by atoms with E-state index in [1.165, 1.54) is 0 Å². The van der Waals surface area contributed by atoms with Gasteiger partial charge in [-0.05, 0) is 58.8 Å². The second-order valence-electron chi connectivity index (χ2n) is 10.5. The van der Waals surface area contributed by atoms with Gasteiger partial charge in [-0.1, -0.05) is 0 Å². The molecule has 0 spiro atoms. The molecule has 2 heterocycles. The fraction of sp³-hybridized carbons (Fsp3) is 0.792. The van der Waals surface area contributed by atoms with Crippen LogP contribution in [0.2, 0.25) is 0 Å². The third kappa shape index (κ3) is 9.38. The average molecular weight is 512 g/mol. The molecule has 1 atom stereocenters. The molecule has 2 aliphatic heterocycles. The molecule has 36 heavy (non-hydrogen) atoms. The summed E-state index contributed by atoms with van der Waals surface area (Å²) in [5, 5.41) is 9.61. The van der Waals surface area contributed by atoms with E-state index < -0.39 is 35.8 Å². The van der Waals surface area contributed by atoms with Crippen LogP contribution in [0, 0.1) is 11.8 Å². The zero-order valence-corrected chi connectivity index (χ0v) is 21.7. The first-order valence-corrected chi connectivity index (χ1v) is 12.7. The van der Waals surface area contributed by atoms with E-state index in [0.717, 1.165) is 17.9 Å². The molecule has 2 rings (SSSR count). The van der Waals surface area contributed by atoms with E-state index in [4.69, 9.17) is 15.6 Å². The van der Waals surface area contributed by atoms with Crippen molar-refractivity contribution in [3.63, 3.8) is 0 Å². The van der Waals surface area contributed by atoms with Crippen molar-refractivity contribution >= 4 is 29.8 Å². The highest BCUT2D eigenvalue weighted by atomic mass is 16.6. The van der Waals surface area contributed by atoms with Crippen LogP contribution in [-0.4, -0.2) is 94.6 Å². The highest BCUT2D eigenvalue weighted by Crippen LogP contribution is 2.25. The number of piperidine rings is 2. The maximum Gasteiger partial charge on any atom is 0.410 e. The number of carbonyl (C=O) groups excluding carboxylic acids is 4. The first kappa shape index (κ1) is 29.5. The van der Waals surface area contributed by atoms with Crippen LogP contribution in [0.4, 0.5) is 4.79 Å². The quantitative estimate of drug-likeness (QED) is 0.382. The molecule has 2 fully saturated rings. The third-order valence-electron chi connectivity index (χ3n) is 6.41. The number of carboxylic acids is 1. The second-order valence-corrected chi connectivity index (χ2v) is 10.5. The Labute approximate surface area is 212 Å². The Morgan fingerprint density at radius 3 is 2.28 bits per heavy atom. The number of amides is 4. The third-order valence-corrected chi connectivity index (χ3v) is 6.41. The monoisotopic (exact) mass is 511 g/mol. The predicted octanol–water partition coefficient (Wildman–Crippen LogP) is 0.946. The second kappa shape index (κ2) is 13.5. The molecule has 0 bridgehead atoms. The minimum Gasteiger partial charge on any atom is -0.481 e. The van der Waals surface area contributed by atoms with Gasteiger partial charge in [0, 0.05) is 39.1 Å². The maximum absolute atomic E-state index is 13.0.